The lowest BCUT2D eigenvalue weighted by molar-refractivity contribution is 0.371. The van der Waals surface area contributed by atoms with E-state index in [1.165, 1.54) is 19.2 Å². The molecule has 0 aromatic heterocycles. The van der Waals surface area contributed by atoms with Gasteiger partial charge in [-0.1, -0.05) is 27.8 Å². The van der Waals surface area contributed by atoms with Crippen molar-refractivity contribution in [2.24, 2.45) is 0 Å². The fourth-order valence-electron chi connectivity index (χ4n) is 0.915. The average Bonchev–Trinajstić information content (AvgIpc) is 2.20. The molecule has 1 nitrogen and oxygen atoms in total. The van der Waals surface area contributed by atoms with E-state index in [0.717, 1.165) is 0 Å². The van der Waals surface area contributed by atoms with Crippen LogP contribution in [-0.2, 0) is 0 Å². The van der Waals surface area contributed by atoms with Crippen molar-refractivity contribution in [2.75, 3.05) is 12.4 Å². The molecule has 0 N–H and O–H groups in total. The Morgan fingerprint density at radius 3 is 2.64 bits per heavy atom. The fourth-order valence-corrected chi connectivity index (χ4v) is 1.05. The van der Waals surface area contributed by atoms with E-state index >= 15 is 0 Å². The van der Waals surface area contributed by atoms with Gasteiger partial charge in [0.15, 0.2) is 11.6 Å². The molecule has 0 aliphatic rings. The Labute approximate surface area is 89.2 Å². The summed E-state index contributed by atoms with van der Waals surface area (Å²) < 4.78 is 30.9. The molecule has 0 radical (unpaired) electrons. The van der Waals surface area contributed by atoms with Gasteiger partial charge >= 0.3 is 0 Å². The second kappa shape index (κ2) is 4.97. The smallest absolute Gasteiger partial charge is 0.201 e. The maximum Gasteiger partial charge on any atom is 0.201 e. The van der Waals surface area contributed by atoms with Gasteiger partial charge in [0.25, 0.3) is 0 Å². The van der Waals surface area contributed by atoms with Crippen LogP contribution in [0.3, 0.4) is 0 Å². The Morgan fingerprint density at radius 1 is 1.36 bits per heavy atom. The quantitative estimate of drug-likeness (QED) is 0.558. The zero-order chi connectivity index (χ0) is 10.6. The maximum absolute atomic E-state index is 13.2. The number of rotatable bonds is 1. The molecule has 0 saturated carbocycles. The van der Waals surface area contributed by atoms with E-state index in [0.29, 0.717) is 5.33 Å². The highest BCUT2D eigenvalue weighted by Gasteiger charge is 2.11. The highest BCUT2D eigenvalue weighted by molar-refractivity contribution is 9.09. The second-order valence-electron chi connectivity index (χ2n) is 2.38. The predicted octanol–water partition coefficient (Wildman–Crippen LogP) is 2.72. The van der Waals surface area contributed by atoms with E-state index in [1.807, 2.05) is 0 Å². The molecule has 4 heteroatoms. The number of alkyl halides is 1. The van der Waals surface area contributed by atoms with Gasteiger partial charge in [0.1, 0.15) is 0 Å². The van der Waals surface area contributed by atoms with E-state index in [4.69, 9.17) is 0 Å². The topological polar surface area (TPSA) is 9.23 Å². The van der Waals surface area contributed by atoms with Crippen LogP contribution < -0.4 is 4.74 Å². The van der Waals surface area contributed by atoms with Crippen LogP contribution in [-0.4, -0.2) is 12.4 Å². The summed E-state index contributed by atoms with van der Waals surface area (Å²) in [5.41, 5.74) is 0.0303. The van der Waals surface area contributed by atoms with E-state index < -0.39 is 11.6 Å². The lowest BCUT2D eigenvalue weighted by Crippen LogP contribution is -1.94. The maximum atomic E-state index is 13.2. The molecule has 14 heavy (non-hydrogen) atoms. The first-order valence-corrected chi connectivity index (χ1v) is 4.89. The fraction of sp³-hybridized carbons (Fsp3) is 0.200. The summed E-state index contributed by atoms with van der Waals surface area (Å²) in [5.74, 6) is 2.98. The molecule has 1 aromatic rings. The summed E-state index contributed by atoms with van der Waals surface area (Å²) in [4.78, 5) is 0. The van der Waals surface area contributed by atoms with Gasteiger partial charge in [-0.25, -0.2) is 4.39 Å². The van der Waals surface area contributed by atoms with Crippen molar-refractivity contribution < 1.29 is 13.5 Å². The Hall–Kier alpha value is -1.08. The summed E-state index contributed by atoms with van der Waals surface area (Å²) in [6.07, 6.45) is 0. The molecule has 0 bridgehead atoms. The van der Waals surface area contributed by atoms with Gasteiger partial charge in [-0.2, -0.15) is 4.39 Å². The molecule has 0 saturated heterocycles. The third kappa shape index (κ3) is 2.24. The number of benzene rings is 1. The van der Waals surface area contributed by atoms with E-state index in [1.54, 1.807) is 0 Å². The van der Waals surface area contributed by atoms with Crippen molar-refractivity contribution >= 4 is 15.9 Å². The highest BCUT2D eigenvalue weighted by atomic mass is 79.9. The van der Waals surface area contributed by atoms with Crippen molar-refractivity contribution in [2.45, 2.75) is 0 Å². The standard InChI is InChI=1S/C10H7BrF2O/c1-14-8-5-4-7(3-2-6-11)9(12)10(8)13/h4-5H,6H2,1H3. The van der Waals surface area contributed by atoms with Crippen molar-refractivity contribution in [3.8, 4) is 17.6 Å². The van der Waals surface area contributed by atoms with Crippen molar-refractivity contribution in [3.63, 3.8) is 0 Å². The first-order valence-electron chi connectivity index (χ1n) is 3.77. The van der Waals surface area contributed by atoms with Gasteiger partial charge in [-0.15, -0.1) is 0 Å². The summed E-state index contributed by atoms with van der Waals surface area (Å²) in [6, 6.07) is 2.73. The average molecular weight is 261 g/mol. The molecule has 0 unspecified atom stereocenters. The third-order valence-electron chi connectivity index (χ3n) is 1.56. The molecule has 0 heterocycles. The number of ether oxygens (including phenoxy) is 1. The van der Waals surface area contributed by atoms with Gasteiger partial charge in [0.05, 0.1) is 18.0 Å². The van der Waals surface area contributed by atoms with Crippen LogP contribution in [0.5, 0.6) is 5.75 Å². The van der Waals surface area contributed by atoms with Crippen LogP contribution in [0, 0.1) is 23.5 Å². The predicted molar refractivity (Wildman–Crippen MR) is 53.6 cm³/mol. The SMILES string of the molecule is COc1ccc(C#CCBr)c(F)c1F. The first kappa shape index (κ1) is 11.0. The molecular weight excluding hydrogens is 254 g/mol. The van der Waals surface area contributed by atoms with Crippen LogP contribution in [0.4, 0.5) is 8.78 Å². The van der Waals surface area contributed by atoms with Crippen LogP contribution in [0.2, 0.25) is 0 Å². The minimum atomic E-state index is -1.01. The number of hydrogen-bond acceptors (Lipinski definition) is 1. The van der Waals surface area contributed by atoms with Gasteiger partial charge in [-0.05, 0) is 12.1 Å². The third-order valence-corrected chi connectivity index (χ3v) is 1.84. The lowest BCUT2D eigenvalue weighted by atomic mass is 10.2. The van der Waals surface area contributed by atoms with E-state index in [9.17, 15) is 8.78 Å². The van der Waals surface area contributed by atoms with Crippen LogP contribution in [0.25, 0.3) is 0 Å². The summed E-state index contributed by atoms with van der Waals surface area (Å²) >= 11 is 3.06. The summed E-state index contributed by atoms with van der Waals surface area (Å²) in [6.45, 7) is 0. The van der Waals surface area contributed by atoms with E-state index in [2.05, 4.69) is 32.5 Å². The number of halogens is 3. The number of methoxy groups -OCH3 is 1. The Kier molecular flexibility index (Phi) is 3.90. The molecule has 1 aromatic carbocycles. The minimum Gasteiger partial charge on any atom is -0.494 e. The first-order chi connectivity index (χ1) is 6.70. The second-order valence-corrected chi connectivity index (χ2v) is 2.94. The summed E-state index contributed by atoms with van der Waals surface area (Å²) in [7, 11) is 1.28. The molecule has 1 rings (SSSR count). The Balaban J connectivity index is 3.17. The van der Waals surface area contributed by atoms with Gasteiger partial charge in [-0.3, -0.25) is 0 Å². The van der Waals surface area contributed by atoms with Gasteiger partial charge in [0.2, 0.25) is 5.82 Å². The molecule has 74 valence electrons. The molecule has 0 spiro atoms. The Bertz CT molecular complexity index is 393. The largest absolute Gasteiger partial charge is 0.494 e. The lowest BCUT2D eigenvalue weighted by Gasteiger charge is -2.02. The van der Waals surface area contributed by atoms with Gasteiger partial charge in [0, 0.05) is 0 Å². The molecule has 0 amide bonds. The van der Waals surface area contributed by atoms with Crippen LogP contribution >= 0.6 is 15.9 Å². The van der Waals surface area contributed by atoms with Crippen molar-refractivity contribution in [1.29, 1.82) is 0 Å². The van der Waals surface area contributed by atoms with Gasteiger partial charge < -0.3 is 4.74 Å². The normalized spacial score (nSPS) is 9.14. The monoisotopic (exact) mass is 260 g/mol. The zero-order valence-corrected chi connectivity index (χ0v) is 8.99. The number of hydrogen-bond donors (Lipinski definition) is 0. The van der Waals surface area contributed by atoms with Crippen LogP contribution in [0.1, 0.15) is 5.56 Å². The van der Waals surface area contributed by atoms with Crippen molar-refractivity contribution in [1.82, 2.24) is 0 Å². The molecule has 0 fully saturated rings. The molecular formula is C10H7BrF2O. The molecule has 0 aliphatic heterocycles. The van der Waals surface area contributed by atoms with Crippen LogP contribution in [0.15, 0.2) is 12.1 Å². The molecule has 0 atom stereocenters. The van der Waals surface area contributed by atoms with E-state index in [-0.39, 0.29) is 11.3 Å². The zero-order valence-electron chi connectivity index (χ0n) is 7.40. The summed E-state index contributed by atoms with van der Waals surface area (Å²) in [5, 5.41) is 0.417. The molecule has 0 aliphatic carbocycles. The highest BCUT2D eigenvalue weighted by Crippen LogP contribution is 2.21. The minimum absolute atomic E-state index is 0.0303. The Morgan fingerprint density at radius 2 is 2.07 bits per heavy atom. The van der Waals surface area contributed by atoms with Crippen molar-refractivity contribution in [3.05, 3.63) is 29.3 Å².